The Bertz CT molecular complexity index is 594. The molecule has 0 radical (unpaired) electrons. The molecule has 7 heteroatoms. The molecule has 1 N–H and O–H groups in total. The maximum Gasteiger partial charge on any atom is 0.326 e. The van der Waals surface area contributed by atoms with Crippen molar-refractivity contribution in [1.29, 1.82) is 0 Å². The molecule has 22 heavy (non-hydrogen) atoms. The molecule has 0 aromatic heterocycles. The average molecular weight is 329 g/mol. The smallest absolute Gasteiger partial charge is 0.326 e. The Labute approximate surface area is 133 Å². The summed E-state index contributed by atoms with van der Waals surface area (Å²) in [5.74, 6) is -1.80. The summed E-state index contributed by atoms with van der Waals surface area (Å²) in [6, 6.07) is 3.00. The van der Waals surface area contributed by atoms with Gasteiger partial charge in [-0.15, -0.1) is 0 Å². The molecular formula is C15H18ClFN2O3. The van der Waals surface area contributed by atoms with Crippen LogP contribution in [-0.4, -0.2) is 59.5 Å². The van der Waals surface area contributed by atoms with Crippen LogP contribution in [-0.2, 0) is 16.0 Å². The van der Waals surface area contributed by atoms with Crippen LogP contribution in [0.4, 0.5) is 4.39 Å². The highest BCUT2D eigenvalue weighted by Gasteiger charge is 2.40. The van der Waals surface area contributed by atoms with Gasteiger partial charge in [-0.3, -0.25) is 4.79 Å². The third kappa shape index (κ3) is 3.56. The van der Waals surface area contributed by atoms with Crippen molar-refractivity contribution in [2.24, 2.45) is 0 Å². The summed E-state index contributed by atoms with van der Waals surface area (Å²) in [4.78, 5) is 27.1. The fourth-order valence-electron chi connectivity index (χ4n) is 2.63. The third-order valence-corrected chi connectivity index (χ3v) is 4.32. The lowest BCUT2D eigenvalue weighted by Crippen LogP contribution is -2.41. The van der Waals surface area contributed by atoms with E-state index in [0.29, 0.717) is 18.5 Å². The van der Waals surface area contributed by atoms with E-state index in [1.807, 2.05) is 19.0 Å². The van der Waals surface area contributed by atoms with Crippen molar-refractivity contribution in [2.45, 2.75) is 24.9 Å². The van der Waals surface area contributed by atoms with E-state index in [-0.39, 0.29) is 23.4 Å². The van der Waals surface area contributed by atoms with E-state index >= 15 is 0 Å². The molecule has 1 aliphatic heterocycles. The zero-order valence-corrected chi connectivity index (χ0v) is 13.2. The number of benzene rings is 1. The Balaban J connectivity index is 2.14. The Morgan fingerprint density at radius 2 is 2.14 bits per heavy atom. The molecular weight excluding hydrogens is 311 g/mol. The number of carbonyl (C=O) groups is 2. The average Bonchev–Trinajstić information content (AvgIpc) is 2.87. The van der Waals surface area contributed by atoms with Crippen molar-refractivity contribution in [2.75, 3.05) is 20.6 Å². The first kappa shape index (κ1) is 16.7. The molecule has 1 heterocycles. The van der Waals surface area contributed by atoms with E-state index in [1.54, 1.807) is 0 Å². The van der Waals surface area contributed by atoms with Gasteiger partial charge in [0.1, 0.15) is 11.9 Å². The van der Waals surface area contributed by atoms with Crippen LogP contribution in [0.25, 0.3) is 0 Å². The number of nitrogens with zero attached hydrogens (tertiary/aromatic N) is 2. The molecule has 1 aromatic rings. The number of carboxylic acid groups (broad SMARTS) is 1. The number of likely N-dealkylation sites (N-methyl/N-ethyl adjacent to an activating group) is 1. The Hall–Kier alpha value is -1.66. The Morgan fingerprint density at radius 3 is 2.68 bits per heavy atom. The molecule has 1 aliphatic rings. The van der Waals surface area contributed by atoms with E-state index in [2.05, 4.69) is 0 Å². The number of amides is 1. The molecule has 5 nitrogen and oxygen atoms in total. The van der Waals surface area contributed by atoms with Crippen molar-refractivity contribution in [3.05, 3.63) is 34.6 Å². The van der Waals surface area contributed by atoms with Crippen LogP contribution in [0.3, 0.4) is 0 Å². The monoisotopic (exact) mass is 328 g/mol. The predicted molar refractivity (Wildman–Crippen MR) is 80.3 cm³/mol. The first-order chi connectivity index (χ1) is 10.3. The standard InChI is InChI=1S/C15H18ClFN2O3/c1-18(2)11-7-13(15(21)22)19(8-11)14(20)5-9-3-4-10(17)6-12(9)16/h3-4,6,11,13H,5,7-8H2,1-2H3,(H,21,22)/t11-,13+/m1/s1. The van der Waals surface area contributed by atoms with Crippen LogP contribution in [0.1, 0.15) is 12.0 Å². The van der Waals surface area contributed by atoms with Crippen LogP contribution in [0.15, 0.2) is 18.2 Å². The van der Waals surface area contributed by atoms with Gasteiger partial charge in [-0.2, -0.15) is 0 Å². The van der Waals surface area contributed by atoms with Crippen molar-refractivity contribution in [3.8, 4) is 0 Å². The second-order valence-electron chi connectivity index (χ2n) is 5.67. The lowest BCUT2D eigenvalue weighted by molar-refractivity contribution is -0.148. The van der Waals surface area contributed by atoms with Gasteiger partial charge in [-0.1, -0.05) is 17.7 Å². The van der Waals surface area contributed by atoms with E-state index in [4.69, 9.17) is 11.6 Å². The van der Waals surface area contributed by atoms with Gasteiger partial charge < -0.3 is 14.9 Å². The highest BCUT2D eigenvalue weighted by Crippen LogP contribution is 2.24. The maximum absolute atomic E-state index is 13.0. The lowest BCUT2D eigenvalue weighted by Gasteiger charge is -2.22. The summed E-state index contributed by atoms with van der Waals surface area (Å²) >= 11 is 5.92. The molecule has 2 atom stereocenters. The largest absolute Gasteiger partial charge is 0.480 e. The molecule has 1 aromatic carbocycles. The van der Waals surface area contributed by atoms with Crippen molar-refractivity contribution < 1.29 is 19.1 Å². The number of halogens is 2. The normalized spacial score (nSPS) is 21.4. The predicted octanol–water partition coefficient (Wildman–Crippen LogP) is 1.64. The molecule has 120 valence electrons. The number of carboxylic acids is 1. The summed E-state index contributed by atoms with van der Waals surface area (Å²) in [5, 5.41) is 9.47. The minimum absolute atomic E-state index is 0.00809. The van der Waals surface area contributed by atoms with Gasteiger partial charge in [-0.25, -0.2) is 9.18 Å². The quantitative estimate of drug-likeness (QED) is 0.912. The fourth-order valence-corrected chi connectivity index (χ4v) is 2.86. The van der Waals surface area contributed by atoms with Gasteiger partial charge in [0.15, 0.2) is 0 Å². The molecule has 1 amide bonds. The van der Waals surface area contributed by atoms with Gasteiger partial charge >= 0.3 is 5.97 Å². The fraction of sp³-hybridized carbons (Fsp3) is 0.467. The topological polar surface area (TPSA) is 60.9 Å². The Morgan fingerprint density at radius 1 is 1.45 bits per heavy atom. The summed E-state index contributed by atoms with van der Waals surface area (Å²) in [7, 11) is 3.71. The van der Waals surface area contributed by atoms with Crippen LogP contribution in [0.5, 0.6) is 0 Å². The van der Waals surface area contributed by atoms with E-state index in [9.17, 15) is 19.1 Å². The highest BCUT2D eigenvalue weighted by atomic mass is 35.5. The van der Waals surface area contributed by atoms with Gasteiger partial charge in [0.2, 0.25) is 5.91 Å². The number of hydrogen-bond donors (Lipinski definition) is 1. The van der Waals surface area contributed by atoms with Gasteiger partial charge in [0.05, 0.1) is 6.42 Å². The minimum Gasteiger partial charge on any atom is -0.480 e. The van der Waals surface area contributed by atoms with Gasteiger partial charge in [0, 0.05) is 17.6 Å². The zero-order valence-electron chi connectivity index (χ0n) is 12.4. The van der Waals surface area contributed by atoms with Crippen LogP contribution in [0.2, 0.25) is 5.02 Å². The van der Waals surface area contributed by atoms with Gasteiger partial charge in [0.25, 0.3) is 0 Å². The van der Waals surface area contributed by atoms with Crippen LogP contribution < -0.4 is 0 Å². The zero-order chi connectivity index (χ0) is 16.4. The lowest BCUT2D eigenvalue weighted by atomic mass is 10.1. The molecule has 0 saturated carbocycles. The summed E-state index contributed by atoms with van der Waals surface area (Å²) in [5.41, 5.74) is 0.491. The van der Waals surface area contributed by atoms with Crippen molar-refractivity contribution in [1.82, 2.24) is 9.80 Å². The molecule has 0 spiro atoms. The number of likely N-dealkylation sites (tertiary alicyclic amines) is 1. The van der Waals surface area contributed by atoms with Crippen LogP contribution in [0, 0.1) is 5.82 Å². The van der Waals surface area contributed by atoms with Crippen LogP contribution >= 0.6 is 11.6 Å². The second kappa shape index (κ2) is 6.62. The highest BCUT2D eigenvalue weighted by molar-refractivity contribution is 6.31. The van der Waals surface area contributed by atoms with E-state index in [1.165, 1.54) is 17.0 Å². The molecule has 0 aliphatic carbocycles. The molecule has 0 bridgehead atoms. The number of aliphatic carboxylic acids is 1. The summed E-state index contributed by atoms with van der Waals surface area (Å²) in [6.07, 6.45) is 0.355. The number of hydrogen-bond acceptors (Lipinski definition) is 3. The van der Waals surface area contributed by atoms with E-state index in [0.717, 1.165) is 6.07 Å². The maximum atomic E-state index is 13.0. The summed E-state index contributed by atoms with van der Waals surface area (Å²) < 4.78 is 13.0. The minimum atomic E-state index is -1.01. The molecule has 1 saturated heterocycles. The number of rotatable bonds is 4. The van der Waals surface area contributed by atoms with E-state index < -0.39 is 17.8 Å². The number of carbonyl (C=O) groups excluding carboxylic acids is 1. The first-order valence-electron chi connectivity index (χ1n) is 6.92. The van der Waals surface area contributed by atoms with Crippen molar-refractivity contribution in [3.63, 3.8) is 0 Å². The molecule has 1 fully saturated rings. The second-order valence-corrected chi connectivity index (χ2v) is 6.07. The summed E-state index contributed by atoms with van der Waals surface area (Å²) in [6.45, 7) is 0.363. The third-order valence-electron chi connectivity index (χ3n) is 3.97. The Kier molecular flexibility index (Phi) is 5.03. The first-order valence-corrected chi connectivity index (χ1v) is 7.30. The van der Waals surface area contributed by atoms with Gasteiger partial charge in [-0.05, 0) is 38.2 Å². The SMILES string of the molecule is CN(C)[C@@H]1C[C@@H](C(=O)O)N(C(=O)Cc2ccc(F)cc2Cl)C1. The molecule has 0 unspecified atom stereocenters. The molecule has 2 rings (SSSR count). The van der Waals surface area contributed by atoms with Crippen molar-refractivity contribution >= 4 is 23.5 Å².